The van der Waals surface area contributed by atoms with Crippen molar-refractivity contribution in [3.63, 3.8) is 0 Å². The van der Waals surface area contributed by atoms with Crippen LogP contribution in [0.2, 0.25) is 5.02 Å². The molecule has 5 nitrogen and oxygen atoms in total. The van der Waals surface area contributed by atoms with Gasteiger partial charge in [0.2, 0.25) is 0 Å². The molecule has 0 atom stereocenters. The summed E-state index contributed by atoms with van der Waals surface area (Å²) in [7, 11) is 1.56. The standard InChI is InChI=1S/C15H18ClN3O2/c1-15(2,9-10-6-4-5-7-11(10)16)17-14(21)12-8-13(20)19(3)18-12/h4-8,18H,9H2,1-3H3,(H,17,21). The number of halogens is 1. The molecule has 21 heavy (non-hydrogen) atoms. The first kappa shape index (κ1) is 15.4. The van der Waals surface area contributed by atoms with Gasteiger partial charge in [0.15, 0.2) is 0 Å². The van der Waals surface area contributed by atoms with Gasteiger partial charge in [-0.3, -0.25) is 19.4 Å². The maximum Gasteiger partial charge on any atom is 0.269 e. The molecular formula is C15H18ClN3O2. The Hall–Kier alpha value is -2.01. The molecule has 0 saturated carbocycles. The molecule has 0 aliphatic carbocycles. The number of aryl methyl sites for hydroxylation is 1. The van der Waals surface area contributed by atoms with Gasteiger partial charge < -0.3 is 5.32 Å². The van der Waals surface area contributed by atoms with E-state index in [0.717, 1.165) is 5.56 Å². The highest BCUT2D eigenvalue weighted by molar-refractivity contribution is 6.31. The monoisotopic (exact) mass is 307 g/mol. The van der Waals surface area contributed by atoms with Crippen LogP contribution in [0, 0.1) is 0 Å². The maximum absolute atomic E-state index is 12.2. The average Bonchev–Trinajstić information content (AvgIpc) is 2.72. The van der Waals surface area contributed by atoms with Crippen LogP contribution in [0.25, 0.3) is 0 Å². The minimum absolute atomic E-state index is 0.245. The van der Waals surface area contributed by atoms with Gasteiger partial charge in [-0.2, -0.15) is 0 Å². The number of nitrogens with zero attached hydrogens (tertiary/aromatic N) is 1. The fraction of sp³-hybridized carbons (Fsp3) is 0.333. The number of nitrogens with one attached hydrogen (secondary N) is 2. The van der Waals surface area contributed by atoms with Crippen LogP contribution in [0.15, 0.2) is 35.1 Å². The zero-order valence-corrected chi connectivity index (χ0v) is 13.0. The molecule has 112 valence electrons. The van der Waals surface area contributed by atoms with Crippen molar-refractivity contribution in [3.05, 3.63) is 57.0 Å². The number of H-pyrrole nitrogens is 1. The minimum Gasteiger partial charge on any atom is -0.346 e. The van der Waals surface area contributed by atoms with E-state index in [1.54, 1.807) is 7.05 Å². The second-order valence-corrected chi connectivity index (χ2v) is 6.08. The highest BCUT2D eigenvalue weighted by Gasteiger charge is 2.23. The summed E-state index contributed by atoms with van der Waals surface area (Å²) in [5.74, 6) is -0.315. The van der Waals surface area contributed by atoms with Crippen molar-refractivity contribution in [1.82, 2.24) is 15.1 Å². The molecule has 2 aromatic rings. The van der Waals surface area contributed by atoms with Gasteiger partial charge in [-0.05, 0) is 31.9 Å². The predicted molar refractivity (Wildman–Crippen MR) is 82.7 cm³/mol. The van der Waals surface area contributed by atoms with Crippen LogP contribution in [-0.4, -0.2) is 21.2 Å². The van der Waals surface area contributed by atoms with E-state index in [-0.39, 0.29) is 17.2 Å². The third-order valence-corrected chi connectivity index (χ3v) is 3.54. The molecule has 0 saturated heterocycles. The van der Waals surface area contributed by atoms with E-state index in [1.165, 1.54) is 10.7 Å². The molecule has 0 radical (unpaired) electrons. The Kier molecular flexibility index (Phi) is 4.23. The maximum atomic E-state index is 12.2. The van der Waals surface area contributed by atoms with Crippen molar-refractivity contribution in [3.8, 4) is 0 Å². The number of amides is 1. The fourth-order valence-corrected chi connectivity index (χ4v) is 2.34. The zero-order chi connectivity index (χ0) is 15.6. The van der Waals surface area contributed by atoms with Crippen LogP contribution < -0.4 is 10.9 Å². The second kappa shape index (κ2) is 5.77. The third kappa shape index (κ3) is 3.76. The third-order valence-electron chi connectivity index (χ3n) is 3.17. The molecule has 0 aliphatic rings. The van der Waals surface area contributed by atoms with Gasteiger partial charge >= 0.3 is 0 Å². The van der Waals surface area contributed by atoms with Crippen LogP contribution in [0.1, 0.15) is 29.9 Å². The van der Waals surface area contributed by atoms with E-state index in [1.807, 2.05) is 38.1 Å². The number of aromatic nitrogens is 2. The molecule has 1 aromatic heterocycles. The van der Waals surface area contributed by atoms with Crippen LogP contribution in [0.4, 0.5) is 0 Å². The van der Waals surface area contributed by atoms with Crippen molar-refractivity contribution >= 4 is 17.5 Å². The van der Waals surface area contributed by atoms with E-state index >= 15 is 0 Å². The first-order chi connectivity index (χ1) is 9.78. The first-order valence-electron chi connectivity index (χ1n) is 6.60. The summed E-state index contributed by atoms with van der Waals surface area (Å²) in [4.78, 5) is 23.6. The molecule has 1 aromatic carbocycles. The van der Waals surface area contributed by atoms with Gasteiger partial charge in [-0.1, -0.05) is 29.8 Å². The summed E-state index contributed by atoms with van der Waals surface area (Å²) >= 11 is 6.14. The SMILES string of the molecule is Cn1[nH]c(C(=O)NC(C)(C)Cc2ccccc2Cl)cc1=O. The first-order valence-corrected chi connectivity index (χ1v) is 6.98. The number of benzene rings is 1. The number of carbonyl (C=O) groups is 1. The lowest BCUT2D eigenvalue weighted by molar-refractivity contribution is 0.0907. The summed E-state index contributed by atoms with van der Waals surface area (Å²) < 4.78 is 1.26. The lowest BCUT2D eigenvalue weighted by Crippen LogP contribution is -2.45. The van der Waals surface area contributed by atoms with Crippen molar-refractivity contribution in [2.24, 2.45) is 7.05 Å². The Morgan fingerprint density at radius 1 is 1.38 bits per heavy atom. The van der Waals surface area contributed by atoms with E-state index in [4.69, 9.17) is 11.6 Å². The van der Waals surface area contributed by atoms with Gasteiger partial charge in [-0.15, -0.1) is 0 Å². The molecule has 6 heteroatoms. The normalized spacial score (nSPS) is 11.4. The van der Waals surface area contributed by atoms with E-state index in [9.17, 15) is 9.59 Å². The highest BCUT2D eigenvalue weighted by Crippen LogP contribution is 2.20. The molecule has 0 fully saturated rings. The highest BCUT2D eigenvalue weighted by atomic mass is 35.5. The topological polar surface area (TPSA) is 66.9 Å². The second-order valence-electron chi connectivity index (χ2n) is 5.67. The number of carbonyl (C=O) groups excluding carboxylic acids is 1. The Labute approximate surface area is 127 Å². The molecule has 0 spiro atoms. The molecule has 1 heterocycles. The largest absolute Gasteiger partial charge is 0.346 e. The Morgan fingerprint density at radius 3 is 2.62 bits per heavy atom. The molecule has 1 amide bonds. The quantitative estimate of drug-likeness (QED) is 0.908. The van der Waals surface area contributed by atoms with Gasteiger partial charge in [-0.25, -0.2) is 0 Å². The Bertz CT molecular complexity index is 716. The summed E-state index contributed by atoms with van der Waals surface area (Å²) in [5, 5.41) is 6.29. The predicted octanol–water partition coefficient (Wildman–Crippen LogP) is 2.12. The number of aromatic amines is 1. The summed E-state index contributed by atoms with van der Waals surface area (Å²) in [6, 6.07) is 8.81. The van der Waals surface area contributed by atoms with E-state index in [0.29, 0.717) is 11.4 Å². The van der Waals surface area contributed by atoms with E-state index < -0.39 is 5.54 Å². The molecule has 2 rings (SSSR count). The molecule has 0 aliphatic heterocycles. The molecule has 2 N–H and O–H groups in total. The van der Waals surface area contributed by atoms with Gasteiger partial charge in [0.25, 0.3) is 11.5 Å². The van der Waals surface area contributed by atoms with Gasteiger partial charge in [0.1, 0.15) is 5.69 Å². The molecule has 0 bridgehead atoms. The molecular weight excluding hydrogens is 290 g/mol. The lowest BCUT2D eigenvalue weighted by atomic mass is 9.94. The zero-order valence-electron chi connectivity index (χ0n) is 12.2. The Morgan fingerprint density at radius 2 is 2.05 bits per heavy atom. The number of rotatable bonds is 4. The fourth-order valence-electron chi connectivity index (χ4n) is 2.14. The van der Waals surface area contributed by atoms with Crippen molar-refractivity contribution in [1.29, 1.82) is 0 Å². The number of hydrogen-bond donors (Lipinski definition) is 2. The van der Waals surface area contributed by atoms with Crippen molar-refractivity contribution < 1.29 is 4.79 Å². The Balaban J connectivity index is 2.12. The van der Waals surface area contributed by atoms with Gasteiger partial charge in [0, 0.05) is 23.7 Å². The molecule has 0 unspecified atom stereocenters. The minimum atomic E-state index is -0.491. The van der Waals surface area contributed by atoms with E-state index in [2.05, 4.69) is 10.4 Å². The van der Waals surface area contributed by atoms with Crippen LogP contribution >= 0.6 is 11.6 Å². The number of hydrogen-bond acceptors (Lipinski definition) is 2. The van der Waals surface area contributed by atoms with Crippen LogP contribution in [-0.2, 0) is 13.5 Å². The smallest absolute Gasteiger partial charge is 0.269 e. The summed E-state index contributed by atoms with van der Waals surface area (Å²) in [6.45, 7) is 3.82. The average molecular weight is 308 g/mol. The summed E-state index contributed by atoms with van der Waals surface area (Å²) in [5.41, 5.74) is 0.472. The van der Waals surface area contributed by atoms with Crippen molar-refractivity contribution in [2.45, 2.75) is 25.8 Å². The lowest BCUT2D eigenvalue weighted by Gasteiger charge is -2.26. The van der Waals surface area contributed by atoms with Crippen molar-refractivity contribution in [2.75, 3.05) is 0 Å². The van der Waals surface area contributed by atoms with Crippen LogP contribution in [0.5, 0.6) is 0 Å². The van der Waals surface area contributed by atoms with Crippen LogP contribution in [0.3, 0.4) is 0 Å². The van der Waals surface area contributed by atoms with Gasteiger partial charge in [0.05, 0.1) is 0 Å². The summed E-state index contributed by atoms with van der Waals surface area (Å²) in [6.07, 6.45) is 0.593.